The Labute approximate surface area is 200 Å². The van der Waals surface area contributed by atoms with Crippen LogP contribution in [0.15, 0.2) is 60.9 Å². The molecule has 2 aromatic carbocycles. The Kier molecular flexibility index (Phi) is 7.90. The Morgan fingerprint density at radius 2 is 1.53 bits per heavy atom. The molecule has 2 heterocycles. The van der Waals surface area contributed by atoms with Gasteiger partial charge in [-0.2, -0.15) is 0 Å². The van der Waals surface area contributed by atoms with E-state index in [-0.39, 0.29) is 6.03 Å². The number of nitrogens with zero attached hydrogens (tertiary/aromatic N) is 4. The van der Waals surface area contributed by atoms with Gasteiger partial charge in [-0.15, -0.1) is 0 Å². The van der Waals surface area contributed by atoms with E-state index in [2.05, 4.69) is 54.8 Å². The molecule has 1 saturated heterocycles. The predicted octanol–water partition coefficient (Wildman–Crippen LogP) is 4.09. The highest BCUT2D eigenvalue weighted by Gasteiger charge is 2.15. The van der Waals surface area contributed by atoms with Gasteiger partial charge in [-0.25, -0.2) is 14.8 Å². The van der Waals surface area contributed by atoms with Crippen LogP contribution >= 0.6 is 0 Å². The first-order valence-corrected chi connectivity index (χ1v) is 11.5. The Bertz CT molecular complexity index is 1070. The summed E-state index contributed by atoms with van der Waals surface area (Å²) in [5.74, 6) is 1.71. The van der Waals surface area contributed by atoms with Crippen molar-refractivity contribution in [1.29, 1.82) is 0 Å². The molecule has 3 N–H and O–H groups in total. The molecule has 0 unspecified atom stereocenters. The Balaban J connectivity index is 1.24. The number of ether oxygens (including phenoxy) is 1. The van der Waals surface area contributed by atoms with E-state index in [1.165, 1.54) is 11.9 Å². The van der Waals surface area contributed by atoms with E-state index < -0.39 is 0 Å². The first-order chi connectivity index (χ1) is 16.6. The fraction of sp³-hybridized carbons (Fsp3) is 0.320. The van der Waals surface area contributed by atoms with Crippen LogP contribution in [0.3, 0.4) is 0 Å². The molecule has 34 heavy (non-hydrogen) atoms. The van der Waals surface area contributed by atoms with Crippen molar-refractivity contribution < 1.29 is 9.53 Å². The standard InChI is InChI=1S/C25H31N7O2/c1-3-31-12-14-32(15-13-31)17-19-4-6-20(7-5-19)29-25(33)30-21-8-10-22(11-9-21)34-24-16-23(26-2)27-18-28-24/h4-11,16,18H,3,12-15,17H2,1-2H3,(H,26,27,28)(H2,29,30,33). The molecule has 178 valence electrons. The van der Waals surface area contributed by atoms with Gasteiger partial charge in [-0.3, -0.25) is 4.90 Å². The number of urea groups is 1. The summed E-state index contributed by atoms with van der Waals surface area (Å²) in [7, 11) is 1.78. The van der Waals surface area contributed by atoms with Crippen molar-refractivity contribution in [1.82, 2.24) is 19.8 Å². The van der Waals surface area contributed by atoms with Crippen molar-refractivity contribution in [2.24, 2.45) is 0 Å². The minimum Gasteiger partial charge on any atom is -0.439 e. The van der Waals surface area contributed by atoms with E-state index in [1.54, 1.807) is 37.4 Å². The van der Waals surface area contributed by atoms with Crippen LogP contribution < -0.4 is 20.7 Å². The number of piperazine rings is 1. The molecule has 0 radical (unpaired) electrons. The molecule has 0 bridgehead atoms. The van der Waals surface area contributed by atoms with Gasteiger partial charge in [0.2, 0.25) is 5.88 Å². The van der Waals surface area contributed by atoms with Gasteiger partial charge in [0.05, 0.1) is 0 Å². The number of anilines is 3. The fourth-order valence-corrected chi connectivity index (χ4v) is 3.77. The maximum atomic E-state index is 12.4. The first kappa shape index (κ1) is 23.5. The number of hydrogen-bond acceptors (Lipinski definition) is 7. The van der Waals surface area contributed by atoms with Gasteiger partial charge in [0.25, 0.3) is 0 Å². The van der Waals surface area contributed by atoms with E-state index in [0.29, 0.717) is 23.1 Å². The number of benzene rings is 2. The zero-order valence-corrected chi connectivity index (χ0v) is 19.6. The molecule has 1 aliphatic rings. The minimum absolute atomic E-state index is 0.299. The lowest BCUT2D eigenvalue weighted by Gasteiger charge is -2.34. The third-order valence-corrected chi connectivity index (χ3v) is 5.76. The average Bonchev–Trinajstić information content (AvgIpc) is 2.87. The summed E-state index contributed by atoms with van der Waals surface area (Å²) in [6, 6.07) is 16.5. The molecule has 4 rings (SSSR count). The normalized spacial score (nSPS) is 14.4. The lowest BCUT2D eigenvalue weighted by molar-refractivity contribution is 0.132. The van der Waals surface area contributed by atoms with Crippen LogP contribution in [0, 0.1) is 0 Å². The van der Waals surface area contributed by atoms with Gasteiger partial charge >= 0.3 is 6.03 Å². The topological polar surface area (TPSA) is 94.7 Å². The number of aromatic nitrogens is 2. The Morgan fingerprint density at radius 1 is 0.912 bits per heavy atom. The second kappa shape index (κ2) is 11.4. The van der Waals surface area contributed by atoms with Crippen LogP contribution in [0.2, 0.25) is 0 Å². The van der Waals surface area contributed by atoms with Crippen LogP contribution in [0.25, 0.3) is 0 Å². The highest BCUT2D eigenvalue weighted by atomic mass is 16.5. The monoisotopic (exact) mass is 461 g/mol. The van der Waals surface area contributed by atoms with Crippen molar-refractivity contribution in [3.8, 4) is 11.6 Å². The molecule has 3 aromatic rings. The van der Waals surface area contributed by atoms with Crippen LogP contribution in [-0.2, 0) is 6.54 Å². The predicted molar refractivity (Wildman–Crippen MR) is 135 cm³/mol. The van der Waals surface area contributed by atoms with Crippen molar-refractivity contribution in [3.63, 3.8) is 0 Å². The van der Waals surface area contributed by atoms with Crippen molar-refractivity contribution in [2.75, 3.05) is 55.7 Å². The minimum atomic E-state index is -0.299. The summed E-state index contributed by atoms with van der Waals surface area (Å²) >= 11 is 0. The largest absolute Gasteiger partial charge is 0.439 e. The van der Waals surface area contributed by atoms with Crippen molar-refractivity contribution in [2.45, 2.75) is 13.5 Å². The van der Waals surface area contributed by atoms with Crippen LogP contribution in [0.1, 0.15) is 12.5 Å². The maximum Gasteiger partial charge on any atom is 0.323 e. The Hall–Kier alpha value is -3.69. The molecule has 1 fully saturated rings. The second-order valence-electron chi connectivity index (χ2n) is 8.10. The quantitative estimate of drug-likeness (QED) is 0.465. The van der Waals surface area contributed by atoms with Gasteiger partial charge in [-0.05, 0) is 48.5 Å². The maximum absolute atomic E-state index is 12.4. The number of carbonyl (C=O) groups is 1. The first-order valence-electron chi connectivity index (χ1n) is 11.5. The van der Waals surface area contributed by atoms with E-state index in [1.807, 2.05) is 12.1 Å². The molecular formula is C25H31N7O2. The number of amides is 2. The van der Waals surface area contributed by atoms with Gasteiger partial charge in [0.15, 0.2) is 0 Å². The van der Waals surface area contributed by atoms with Crippen molar-refractivity contribution >= 4 is 23.2 Å². The molecule has 2 amide bonds. The zero-order valence-electron chi connectivity index (χ0n) is 19.6. The molecule has 0 saturated carbocycles. The summed E-state index contributed by atoms with van der Waals surface area (Å²) in [6.45, 7) is 8.70. The van der Waals surface area contributed by atoms with Gasteiger partial charge in [0.1, 0.15) is 17.9 Å². The number of nitrogens with one attached hydrogen (secondary N) is 3. The van der Waals surface area contributed by atoms with E-state index in [4.69, 9.17) is 4.74 Å². The summed E-state index contributed by atoms with van der Waals surface area (Å²) in [4.78, 5) is 25.5. The van der Waals surface area contributed by atoms with E-state index >= 15 is 0 Å². The van der Waals surface area contributed by atoms with Gasteiger partial charge in [-0.1, -0.05) is 19.1 Å². The summed E-state index contributed by atoms with van der Waals surface area (Å²) in [5, 5.41) is 8.65. The molecule has 0 aliphatic carbocycles. The number of rotatable bonds is 8. The highest BCUT2D eigenvalue weighted by Crippen LogP contribution is 2.22. The van der Waals surface area contributed by atoms with E-state index in [9.17, 15) is 4.79 Å². The molecule has 9 heteroatoms. The zero-order chi connectivity index (χ0) is 23.8. The molecule has 1 aromatic heterocycles. The SMILES string of the molecule is CCN1CCN(Cc2ccc(NC(=O)Nc3ccc(Oc4cc(NC)ncn4)cc3)cc2)CC1. The number of hydrogen-bond donors (Lipinski definition) is 3. The molecule has 9 nitrogen and oxygen atoms in total. The summed E-state index contributed by atoms with van der Waals surface area (Å²) < 4.78 is 5.73. The average molecular weight is 462 g/mol. The molecular weight excluding hydrogens is 430 g/mol. The van der Waals surface area contributed by atoms with Gasteiger partial charge < -0.3 is 25.6 Å². The highest BCUT2D eigenvalue weighted by molar-refractivity contribution is 5.99. The van der Waals surface area contributed by atoms with Crippen LogP contribution in [-0.4, -0.2) is 65.6 Å². The Morgan fingerprint density at radius 3 is 2.15 bits per heavy atom. The lowest BCUT2D eigenvalue weighted by atomic mass is 10.2. The van der Waals surface area contributed by atoms with Crippen molar-refractivity contribution in [3.05, 3.63) is 66.5 Å². The fourth-order valence-electron chi connectivity index (χ4n) is 3.77. The smallest absolute Gasteiger partial charge is 0.323 e. The summed E-state index contributed by atoms with van der Waals surface area (Å²) in [5.41, 5.74) is 2.66. The van der Waals surface area contributed by atoms with E-state index in [0.717, 1.165) is 45.0 Å². The third-order valence-electron chi connectivity index (χ3n) is 5.76. The summed E-state index contributed by atoms with van der Waals surface area (Å²) in [6.07, 6.45) is 1.43. The molecule has 0 atom stereocenters. The lowest BCUT2D eigenvalue weighted by Crippen LogP contribution is -2.45. The van der Waals surface area contributed by atoms with Crippen LogP contribution in [0.5, 0.6) is 11.6 Å². The molecule has 0 spiro atoms. The number of carbonyl (C=O) groups excluding carboxylic acids is 1. The third kappa shape index (κ3) is 6.66. The second-order valence-corrected chi connectivity index (χ2v) is 8.10. The van der Waals surface area contributed by atoms with Crippen LogP contribution in [0.4, 0.5) is 22.0 Å². The number of likely N-dealkylation sites (N-methyl/N-ethyl adjacent to an activating group) is 1. The molecule has 1 aliphatic heterocycles. The van der Waals surface area contributed by atoms with Gasteiger partial charge in [0, 0.05) is 57.2 Å².